The van der Waals surface area contributed by atoms with Crippen molar-refractivity contribution in [3.8, 4) is 0 Å². The van der Waals surface area contributed by atoms with Gasteiger partial charge in [-0.15, -0.1) is 0 Å². The number of aliphatic hydroxyl groups is 5. The molecule has 0 aromatic rings. The number of hydrogen-bond acceptors (Lipinski definition) is 10. The van der Waals surface area contributed by atoms with Gasteiger partial charge in [-0.2, -0.15) is 0 Å². The van der Waals surface area contributed by atoms with E-state index in [-0.39, 0.29) is 13.0 Å². The molecule has 0 aromatic carbocycles. The molecular weight excluding hydrogens is 967 g/mol. The smallest absolute Gasteiger partial charge is 0.306 e. The van der Waals surface area contributed by atoms with Crippen molar-refractivity contribution in [2.24, 2.45) is 0 Å². The van der Waals surface area contributed by atoms with Crippen molar-refractivity contribution in [3.63, 3.8) is 0 Å². The zero-order valence-electron chi connectivity index (χ0n) is 49.8. The number of amides is 1. The van der Waals surface area contributed by atoms with Crippen LogP contribution in [0.25, 0.3) is 0 Å². The molecule has 1 fully saturated rings. The first-order chi connectivity index (χ1) is 37.7. The number of hydrogen-bond donors (Lipinski definition) is 6. The Morgan fingerprint density at radius 3 is 1.36 bits per heavy atom. The first-order valence-corrected chi connectivity index (χ1v) is 32.4. The van der Waals surface area contributed by atoms with E-state index in [0.29, 0.717) is 19.3 Å². The summed E-state index contributed by atoms with van der Waals surface area (Å²) in [6, 6.07) is -1.03. The highest BCUT2D eigenvalue weighted by atomic mass is 16.7. The Morgan fingerprint density at radius 1 is 0.506 bits per heavy atom. The molecule has 0 aromatic heterocycles. The summed E-state index contributed by atoms with van der Waals surface area (Å²) in [5, 5.41) is 57.0. The maximum atomic E-state index is 13.4. The van der Waals surface area contributed by atoms with Gasteiger partial charge in [0, 0.05) is 6.42 Å². The number of esters is 1. The number of allylic oxidation sites excluding steroid dienone is 7. The van der Waals surface area contributed by atoms with Gasteiger partial charge < -0.3 is 45.1 Å². The fourth-order valence-electron chi connectivity index (χ4n) is 10.1. The van der Waals surface area contributed by atoms with E-state index in [2.05, 4.69) is 62.5 Å². The molecule has 1 rings (SSSR count). The highest BCUT2D eigenvalue weighted by molar-refractivity contribution is 5.80. The minimum atomic E-state index is -1.62. The molecule has 8 unspecified atom stereocenters. The summed E-state index contributed by atoms with van der Waals surface area (Å²) in [6.45, 7) is 5.77. The van der Waals surface area contributed by atoms with Crippen molar-refractivity contribution < 1.29 is 49.3 Å². The van der Waals surface area contributed by atoms with E-state index in [4.69, 9.17) is 14.2 Å². The maximum absolute atomic E-state index is 13.4. The van der Waals surface area contributed by atoms with Gasteiger partial charge in [0.15, 0.2) is 12.4 Å². The number of nitrogens with one attached hydrogen (secondary N) is 1. The van der Waals surface area contributed by atoms with Crippen LogP contribution < -0.4 is 5.32 Å². The van der Waals surface area contributed by atoms with Crippen LogP contribution in [0.2, 0.25) is 0 Å². The highest BCUT2D eigenvalue weighted by Crippen LogP contribution is 2.26. The Balaban J connectivity index is 2.64. The fraction of sp³-hybridized carbons (Fsp3) is 0.848. The van der Waals surface area contributed by atoms with E-state index < -0.39 is 67.4 Å². The molecule has 1 heterocycles. The molecule has 0 spiro atoms. The topological polar surface area (TPSA) is 175 Å². The molecule has 1 aliphatic heterocycles. The van der Waals surface area contributed by atoms with Gasteiger partial charge in [0.1, 0.15) is 24.4 Å². The van der Waals surface area contributed by atoms with Gasteiger partial charge in [-0.1, -0.05) is 275 Å². The molecule has 77 heavy (non-hydrogen) atoms. The van der Waals surface area contributed by atoms with Crippen molar-refractivity contribution in [2.75, 3.05) is 13.2 Å². The summed E-state index contributed by atoms with van der Waals surface area (Å²) in [7, 11) is 0. The molecule has 0 aliphatic carbocycles. The summed E-state index contributed by atoms with van der Waals surface area (Å²) in [4.78, 5) is 26.6. The van der Waals surface area contributed by atoms with Gasteiger partial charge in [0.25, 0.3) is 0 Å². The van der Waals surface area contributed by atoms with Gasteiger partial charge in [0.05, 0.1) is 25.4 Å². The molecule has 8 atom stereocenters. The van der Waals surface area contributed by atoms with E-state index in [1.165, 1.54) is 167 Å². The van der Waals surface area contributed by atoms with E-state index >= 15 is 0 Å². The van der Waals surface area contributed by atoms with Gasteiger partial charge in [-0.25, -0.2) is 0 Å². The lowest BCUT2D eigenvalue weighted by atomic mass is 9.99. The average Bonchev–Trinajstić information content (AvgIpc) is 3.43. The van der Waals surface area contributed by atoms with Crippen molar-refractivity contribution in [1.82, 2.24) is 5.32 Å². The van der Waals surface area contributed by atoms with Gasteiger partial charge >= 0.3 is 5.97 Å². The molecule has 450 valence electrons. The summed E-state index contributed by atoms with van der Waals surface area (Å²) in [5.74, 6) is -1.21. The zero-order chi connectivity index (χ0) is 56.1. The second-order valence-electron chi connectivity index (χ2n) is 22.5. The van der Waals surface area contributed by atoms with Crippen LogP contribution in [-0.4, -0.2) is 99.6 Å². The van der Waals surface area contributed by atoms with Gasteiger partial charge in [0.2, 0.25) is 5.91 Å². The SMILES string of the molecule is CCCCC/C=C\C/C=C\C/C=C\CCCCCCC(=O)OC1C(OCC(NC(=O)C(O)CCCCCCCCCCCCCCCCCCCCCC)C(O)/C=C/CCCCCCCCCCC)OC(CO)C(O)C1O. The molecule has 0 saturated carbocycles. The van der Waals surface area contributed by atoms with Crippen molar-refractivity contribution >= 4 is 11.9 Å². The summed E-state index contributed by atoms with van der Waals surface area (Å²) < 4.78 is 17.6. The lowest BCUT2D eigenvalue weighted by Crippen LogP contribution is -2.61. The number of aliphatic hydroxyl groups excluding tert-OH is 5. The van der Waals surface area contributed by atoms with Crippen molar-refractivity contribution in [2.45, 2.75) is 346 Å². The molecule has 1 saturated heterocycles. The Kier molecular flexibility index (Phi) is 51.1. The van der Waals surface area contributed by atoms with Crippen LogP contribution in [0.4, 0.5) is 0 Å². The van der Waals surface area contributed by atoms with Crippen LogP contribution in [-0.2, 0) is 23.8 Å². The lowest BCUT2D eigenvalue weighted by molar-refractivity contribution is -0.305. The quantitative estimate of drug-likeness (QED) is 0.0195. The molecular formula is C66H121NO10. The summed E-state index contributed by atoms with van der Waals surface area (Å²) in [6.07, 6.45) is 55.8. The Labute approximate surface area is 472 Å². The maximum Gasteiger partial charge on any atom is 0.306 e. The van der Waals surface area contributed by atoms with Gasteiger partial charge in [-0.3, -0.25) is 9.59 Å². The Bertz CT molecular complexity index is 1440. The average molecular weight is 1090 g/mol. The standard InChI is InChI=1S/C66H121NO10/c1-4-7-10-13-16-19-22-24-26-28-29-30-32-33-35-38-41-44-47-50-53-59(70)65(74)67-57(58(69)52-49-46-43-40-37-21-18-15-12-9-6-3)56-75-66-64(63(73)62(72)60(55-68)76-66)77-61(71)54-51-48-45-42-39-36-34-31-27-25-23-20-17-14-11-8-5-2/h17,20,25,27,34,36,49,52,57-60,62-64,66,68-70,72-73H,4-16,18-19,21-24,26,28-33,35,37-48,50-51,53-56H2,1-3H3,(H,67,74)/b20-17-,27-25-,36-34-,52-49+. The van der Waals surface area contributed by atoms with Crippen LogP contribution in [0.3, 0.4) is 0 Å². The molecule has 6 N–H and O–H groups in total. The number of ether oxygens (including phenoxy) is 3. The first kappa shape index (κ1) is 72.6. The van der Waals surface area contributed by atoms with Gasteiger partial charge in [-0.05, 0) is 64.2 Å². The third kappa shape index (κ3) is 42.2. The van der Waals surface area contributed by atoms with E-state index in [1.807, 2.05) is 6.08 Å². The van der Waals surface area contributed by atoms with Crippen molar-refractivity contribution in [1.29, 1.82) is 0 Å². The minimum Gasteiger partial charge on any atom is -0.454 e. The molecule has 0 radical (unpaired) electrons. The van der Waals surface area contributed by atoms with E-state index in [9.17, 15) is 35.1 Å². The molecule has 1 amide bonds. The van der Waals surface area contributed by atoms with Crippen LogP contribution in [0.1, 0.15) is 297 Å². The van der Waals surface area contributed by atoms with Crippen LogP contribution in [0, 0.1) is 0 Å². The summed E-state index contributed by atoms with van der Waals surface area (Å²) in [5.41, 5.74) is 0. The summed E-state index contributed by atoms with van der Waals surface area (Å²) >= 11 is 0. The fourth-order valence-corrected chi connectivity index (χ4v) is 10.1. The zero-order valence-corrected chi connectivity index (χ0v) is 49.8. The van der Waals surface area contributed by atoms with E-state index in [0.717, 1.165) is 83.5 Å². The van der Waals surface area contributed by atoms with Crippen LogP contribution in [0.15, 0.2) is 48.6 Å². The van der Waals surface area contributed by atoms with E-state index in [1.54, 1.807) is 6.08 Å². The second kappa shape index (κ2) is 54.2. The lowest BCUT2D eigenvalue weighted by Gasteiger charge is -2.41. The number of unbranched alkanes of at least 4 members (excludes halogenated alkanes) is 35. The third-order valence-electron chi connectivity index (χ3n) is 15.2. The number of carbonyl (C=O) groups excluding carboxylic acids is 2. The second-order valence-corrected chi connectivity index (χ2v) is 22.5. The normalized spacial score (nSPS) is 19.3. The highest BCUT2D eigenvalue weighted by Gasteiger charge is 2.47. The first-order valence-electron chi connectivity index (χ1n) is 32.4. The van der Waals surface area contributed by atoms with Crippen LogP contribution >= 0.6 is 0 Å². The number of carbonyl (C=O) groups is 2. The van der Waals surface area contributed by atoms with Crippen molar-refractivity contribution in [3.05, 3.63) is 48.6 Å². The largest absolute Gasteiger partial charge is 0.454 e. The third-order valence-corrected chi connectivity index (χ3v) is 15.2. The monoisotopic (exact) mass is 1090 g/mol. The Hall–Kier alpha value is -2.38. The molecule has 0 bridgehead atoms. The predicted octanol–water partition coefficient (Wildman–Crippen LogP) is 15.6. The Morgan fingerprint density at radius 2 is 0.896 bits per heavy atom. The molecule has 11 nitrogen and oxygen atoms in total. The van der Waals surface area contributed by atoms with Crippen LogP contribution in [0.5, 0.6) is 0 Å². The minimum absolute atomic E-state index is 0.0989. The molecule has 11 heteroatoms. The predicted molar refractivity (Wildman–Crippen MR) is 320 cm³/mol. The number of rotatable bonds is 55. The molecule has 1 aliphatic rings.